The summed E-state index contributed by atoms with van der Waals surface area (Å²) >= 11 is 0. The van der Waals surface area contributed by atoms with E-state index in [0.29, 0.717) is 57.3 Å². The molecule has 1 atom stereocenters. The van der Waals surface area contributed by atoms with Crippen molar-refractivity contribution in [1.82, 2.24) is 9.80 Å². The fourth-order valence-electron chi connectivity index (χ4n) is 4.08. The quantitative estimate of drug-likeness (QED) is 0.710. The zero-order valence-corrected chi connectivity index (χ0v) is 17.8. The monoisotopic (exact) mass is 444 g/mol. The second-order valence-electron chi connectivity index (χ2n) is 8.12. The molecular formula is C24H26F2N2O4. The second kappa shape index (κ2) is 10.1. The first-order chi connectivity index (χ1) is 15.5. The Morgan fingerprint density at radius 3 is 2.44 bits per heavy atom. The van der Waals surface area contributed by atoms with E-state index in [9.17, 15) is 18.4 Å². The van der Waals surface area contributed by atoms with E-state index in [-0.39, 0.29) is 17.4 Å². The topological polar surface area (TPSA) is 59.1 Å². The molecule has 0 radical (unpaired) electrons. The molecule has 0 bridgehead atoms. The summed E-state index contributed by atoms with van der Waals surface area (Å²) in [6, 6.07) is 10.1. The number of nitrogens with zero attached hydrogens (tertiary/aromatic N) is 2. The molecule has 2 aliphatic rings. The van der Waals surface area contributed by atoms with Crippen LogP contribution < -0.4 is 4.74 Å². The number of amides is 2. The lowest BCUT2D eigenvalue weighted by Gasteiger charge is -2.32. The van der Waals surface area contributed by atoms with Crippen molar-refractivity contribution in [1.29, 1.82) is 0 Å². The van der Waals surface area contributed by atoms with Crippen molar-refractivity contribution >= 4 is 11.8 Å². The van der Waals surface area contributed by atoms with Gasteiger partial charge >= 0.3 is 0 Å². The van der Waals surface area contributed by atoms with Crippen molar-refractivity contribution in [2.24, 2.45) is 5.92 Å². The molecule has 6 nitrogen and oxygen atoms in total. The van der Waals surface area contributed by atoms with Gasteiger partial charge in [-0.2, -0.15) is 0 Å². The molecule has 2 aromatic carbocycles. The average molecular weight is 444 g/mol. The molecule has 8 heteroatoms. The normalized spacial score (nSPS) is 19.0. The molecule has 0 aromatic heterocycles. The molecule has 2 aromatic rings. The number of hydrogen-bond donors (Lipinski definition) is 0. The second-order valence-corrected chi connectivity index (χ2v) is 8.12. The Morgan fingerprint density at radius 1 is 0.969 bits per heavy atom. The highest BCUT2D eigenvalue weighted by molar-refractivity contribution is 5.95. The Kier molecular flexibility index (Phi) is 6.99. The molecular weight excluding hydrogens is 418 g/mol. The van der Waals surface area contributed by atoms with Gasteiger partial charge in [0, 0.05) is 43.7 Å². The zero-order valence-electron chi connectivity index (χ0n) is 17.8. The third kappa shape index (κ3) is 5.24. The SMILES string of the molecule is O=C(c1ccc(OC[C@@H]2CCCN(C(=O)c3ccc(F)cc3F)C2)cc1)N1CCOCC1. The van der Waals surface area contributed by atoms with Crippen LogP contribution in [0.25, 0.3) is 0 Å². The largest absolute Gasteiger partial charge is 0.493 e. The number of piperidine rings is 1. The third-order valence-electron chi connectivity index (χ3n) is 5.85. The minimum atomic E-state index is -0.847. The highest BCUT2D eigenvalue weighted by Crippen LogP contribution is 2.22. The standard InChI is InChI=1S/C24H26F2N2O4/c25-19-5-8-21(22(26)14-19)24(30)28-9-1-2-17(15-28)16-32-20-6-3-18(4-7-20)23(29)27-10-12-31-13-11-27/h3-8,14,17H,1-2,9-13,15-16H2/t17-/m1/s1. The van der Waals surface area contributed by atoms with E-state index in [1.807, 2.05) is 0 Å². The van der Waals surface area contributed by atoms with Crippen LogP contribution in [0.5, 0.6) is 5.75 Å². The molecule has 0 saturated carbocycles. The molecule has 32 heavy (non-hydrogen) atoms. The van der Waals surface area contributed by atoms with E-state index in [2.05, 4.69) is 0 Å². The summed E-state index contributed by atoms with van der Waals surface area (Å²) in [6.45, 7) is 3.69. The summed E-state index contributed by atoms with van der Waals surface area (Å²) in [5.41, 5.74) is 0.489. The van der Waals surface area contributed by atoms with Crippen LogP contribution >= 0.6 is 0 Å². The minimum absolute atomic E-state index is 0.0192. The number of carbonyl (C=O) groups is 2. The summed E-state index contributed by atoms with van der Waals surface area (Å²) in [6.07, 6.45) is 1.68. The predicted molar refractivity (Wildman–Crippen MR) is 114 cm³/mol. The lowest BCUT2D eigenvalue weighted by molar-refractivity contribution is 0.0303. The number of carbonyl (C=O) groups excluding carboxylic acids is 2. The van der Waals surface area contributed by atoms with Crippen LogP contribution in [-0.4, -0.2) is 67.6 Å². The molecule has 170 valence electrons. The predicted octanol–water partition coefficient (Wildman–Crippen LogP) is 3.37. The Morgan fingerprint density at radius 2 is 1.72 bits per heavy atom. The molecule has 2 saturated heterocycles. The van der Waals surface area contributed by atoms with Gasteiger partial charge in [-0.3, -0.25) is 9.59 Å². The third-order valence-corrected chi connectivity index (χ3v) is 5.85. The summed E-state index contributed by atoms with van der Waals surface area (Å²) in [5, 5.41) is 0. The van der Waals surface area contributed by atoms with Crippen LogP contribution in [0, 0.1) is 17.6 Å². The van der Waals surface area contributed by atoms with Gasteiger partial charge in [0.25, 0.3) is 11.8 Å². The van der Waals surface area contributed by atoms with Crippen LogP contribution in [0.1, 0.15) is 33.6 Å². The van der Waals surface area contributed by atoms with E-state index in [4.69, 9.17) is 9.47 Å². The first kappa shape index (κ1) is 22.2. The zero-order chi connectivity index (χ0) is 22.5. The molecule has 4 rings (SSSR count). The Hall–Kier alpha value is -3.00. The van der Waals surface area contributed by atoms with Gasteiger partial charge in [0.15, 0.2) is 0 Å². The Labute approximate surface area is 185 Å². The van der Waals surface area contributed by atoms with E-state index in [1.165, 1.54) is 6.07 Å². The van der Waals surface area contributed by atoms with Crippen LogP contribution in [0.4, 0.5) is 8.78 Å². The minimum Gasteiger partial charge on any atom is -0.493 e. The maximum absolute atomic E-state index is 14.0. The van der Waals surface area contributed by atoms with Crippen LogP contribution in [0.15, 0.2) is 42.5 Å². The molecule has 2 heterocycles. The number of morpholine rings is 1. The summed E-state index contributed by atoms with van der Waals surface area (Å²) < 4.78 is 38.3. The van der Waals surface area contributed by atoms with Crippen molar-refractivity contribution in [2.75, 3.05) is 46.0 Å². The molecule has 2 amide bonds. The number of likely N-dealkylation sites (tertiary alicyclic amines) is 1. The number of ether oxygens (including phenoxy) is 2. The van der Waals surface area contributed by atoms with E-state index < -0.39 is 17.5 Å². The van der Waals surface area contributed by atoms with Crippen LogP contribution in [0.2, 0.25) is 0 Å². The van der Waals surface area contributed by atoms with E-state index in [0.717, 1.165) is 25.0 Å². The van der Waals surface area contributed by atoms with Gasteiger partial charge in [-0.15, -0.1) is 0 Å². The highest BCUT2D eigenvalue weighted by atomic mass is 19.1. The van der Waals surface area contributed by atoms with Crippen molar-refractivity contribution < 1.29 is 27.8 Å². The van der Waals surface area contributed by atoms with Crippen LogP contribution in [-0.2, 0) is 4.74 Å². The number of halogens is 2. The molecule has 0 unspecified atom stereocenters. The fourth-order valence-corrected chi connectivity index (χ4v) is 4.08. The van der Waals surface area contributed by atoms with Crippen LogP contribution in [0.3, 0.4) is 0 Å². The van der Waals surface area contributed by atoms with Crippen molar-refractivity contribution in [3.8, 4) is 5.75 Å². The van der Waals surface area contributed by atoms with Crippen molar-refractivity contribution in [3.63, 3.8) is 0 Å². The Balaban J connectivity index is 1.30. The molecule has 2 fully saturated rings. The first-order valence-corrected chi connectivity index (χ1v) is 10.9. The highest BCUT2D eigenvalue weighted by Gasteiger charge is 2.27. The van der Waals surface area contributed by atoms with E-state index >= 15 is 0 Å². The number of hydrogen-bond acceptors (Lipinski definition) is 4. The summed E-state index contributed by atoms with van der Waals surface area (Å²) in [5.74, 6) is -1.25. The summed E-state index contributed by atoms with van der Waals surface area (Å²) in [4.78, 5) is 28.6. The van der Waals surface area contributed by atoms with Gasteiger partial charge < -0.3 is 19.3 Å². The van der Waals surface area contributed by atoms with Gasteiger partial charge in [0.2, 0.25) is 0 Å². The summed E-state index contributed by atoms with van der Waals surface area (Å²) in [7, 11) is 0. The lowest BCUT2D eigenvalue weighted by Crippen LogP contribution is -2.41. The smallest absolute Gasteiger partial charge is 0.256 e. The van der Waals surface area contributed by atoms with Gasteiger partial charge in [0.05, 0.1) is 25.4 Å². The van der Waals surface area contributed by atoms with Gasteiger partial charge in [-0.05, 0) is 49.2 Å². The number of rotatable bonds is 5. The Bertz CT molecular complexity index is 961. The fraction of sp³-hybridized carbons (Fsp3) is 0.417. The van der Waals surface area contributed by atoms with E-state index in [1.54, 1.807) is 34.1 Å². The first-order valence-electron chi connectivity index (χ1n) is 10.9. The molecule has 0 spiro atoms. The molecule has 0 N–H and O–H groups in total. The van der Waals surface area contributed by atoms with Crippen molar-refractivity contribution in [2.45, 2.75) is 12.8 Å². The van der Waals surface area contributed by atoms with Crippen molar-refractivity contribution in [3.05, 3.63) is 65.2 Å². The maximum atomic E-state index is 14.0. The molecule has 2 aliphatic heterocycles. The molecule has 0 aliphatic carbocycles. The van der Waals surface area contributed by atoms with Gasteiger partial charge in [-0.25, -0.2) is 8.78 Å². The maximum Gasteiger partial charge on any atom is 0.256 e. The van der Waals surface area contributed by atoms with Gasteiger partial charge in [0.1, 0.15) is 17.4 Å². The average Bonchev–Trinajstić information content (AvgIpc) is 2.83. The van der Waals surface area contributed by atoms with Gasteiger partial charge in [-0.1, -0.05) is 0 Å². The lowest BCUT2D eigenvalue weighted by atomic mass is 9.98. The number of benzene rings is 2.